The highest BCUT2D eigenvalue weighted by atomic mass is 16.5. The first-order valence-electron chi connectivity index (χ1n) is 4.78. The van der Waals surface area contributed by atoms with Crippen molar-refractivity contribution >= 4 is 0 Å². The molecule has 1 aromatic rings. The molecule has 2 heterocycles. The summed E-state index contributed by atoms with van der Waals surface area (Å²) < 4.78 is 5.74. The first kappa shape index (κ1) is 9.55. The van der Waals surface area contributed by atoms with E-state index in [1.807, 2.05) is 13.0 Å². The third-order valence-electron chi connectivity index (χ3n) is 2.63. The number of nitrogens with zero attached hydrogens (tertiary/aromatic N) is 2. The molecule has 2 unspecified atom stereocenters. The summed E-state index contributed by atoms with van der Waals surface area (Å²) in [6, 6.07) is 1.85. The van der Waals surface area contributed by atoms with E-state index in [0.29, 0.717) is 0 Å². The highest BCUT2D eigenvalue weighted by Crippen LogP contribution is 2.37. The molecule has 4 nitrogen and oxygen atoms in total. The summed E-state index contributed by atoms with van der Waals surface area (Å²) in [6.45, 7) is 1.99. The van der Waals surface area contributed by atoms with Crippen LogP contribution in [0.4, 0.5) is 0 Å². The highest BCUT2D eigenvalue weighted by molar-refractivity contribution is 5.05. The number of ether oxygens (including phenoxy) is 1. The summed E-state index contributed by atoms with van der Waals surface area (Å²) in [5, 5.41) is 9.13. The Bertz CT molecular complexity index is 304. The number of aliphatic hydroxyl groups is 1. The molecule has 0 aromatic carbocycles. The number of hydrogen-bond acceptors (Lipinski definition) is 4. The Morgan fingerprint density at radius 3 is 3.14 bits per heavy atom. The molecule has 0 radical (unpaired) electrons. The van der Waals surface area contributed by atoms with E-state index in [4.69, 9.17) is 9.84 Å². The van der Waals surface area contributed by atoms with Crippen LogP contribution in [0.15, 0.2) is 18.6 Å². The summed E-state index contributed by atoms with van der Waals surface area (Å²) in [7, 11) is 0. The molecule has 0 amide bonds. The van der Waals surface area contributed by atoms with E-state index in [1.54, 1.807) is 6.20 Å². The van der Waals surface area contributed by atoms with Crippen LogP contribution < -0.4 is 0 Å². The minimum atomic E-state index is -0.393. The van der Waals surface area contributed by atoms with Gasteiger partial charge in [0, 0.05) is 6.20 Å². The van der Waals surface area contributed by atoms with Crippen LogP contribution in [-0.2, 0) is 4.74 Å². The molecule has 0 bridgehead atoms. The fourth-order valence-electron chi connectivity index (χ4n) is 1.71. The Morgan fingerprint density at radius 2 is 2.57 bits per heavy atom. The number of rotatable bonds is 2. The topological polar surface area (TPSA) is 55.2 Å². The van der Waals surface area contributed by atoms with Gasteiger partial charge in [-0.05, 0) is 25.8 Å². The molecular weight excluding hydrogens is 180 g/mol. The van der Waals surface area contributed by atoms with E-state index >= 15 is 0 Å². The second kappa shape index (κ2) is 3.63. The van der Waals surface area contributed by atoms with Crippen molar-refractivity contribution in [1.82, 2.24) is 9.97 Å². The molecule has 1 aromatic heterocycles. The summed E-state index contributed by atoms with van der Waals surface area (Å²) in [4.78, 5) is 8.00. The monoisotopic (exact) mass is 194 g/mol. The molecule has 2 rings (SSSR count). The maximum absolute atomic E-state index is 9.13. The van der Waals surface area contributed by atoms with Gasteiger partial charge in [0.15, 0.2) is 0 Å². The maximum atomic E-state index is 9.13. The Morgan fingerprint density at radius 1 is 1.71 bits per heavy atom. The lowest BCUT2D eigenvalue weighted by molar-refractivity contribution is -0.0631. The number of hydrogen-bond donors (Lipinski definition) is 1. The molecule has 76 valence electrons. The standard InChI is InChI=1S/C10H14N2O2/c1-10(6-13)4-2-9(14-10)8-3-5-11-7-12-8/h3,5,7,9,13H,2,4,6H2,1H3. The van der Waals surface area contributed by atoms with Crippen molar-refractivity contribution in [3.8, 4) is 0 Å². The van der Waals surface area contributed by atoms with Crippen molar-refractivity contribution < 1.29 is 9.84 Å². The van der Waals surface area contributed by atoms with Crippen molar-refractivity contribution in [2.75, 3.05) is 6.61 Å². The van der Waals surface area contributed by atoms with Gasteiger partial charge in [-0.3, -0.25) is 0 Å². The lowest BCUT2D eigenvalue weighted by Crippen LogP contribution is -2.28. The van der Waals surface area contributed by atoms with Gasteiger partial charge in [-0.25, -0.2) is 9.97 Å². The van der Waals surface area contributed by atoms with E-state index in [-0.39, 0.29) is 12.7 Å². The molecule has 0 saturated carbocycles. The zero-order valence-corrected chi connectivity index (χ0v) is 8.18. The molecule has 2 atom stereocenters. The van der Waals surface area contributed by atoms with Crippen molar-refractivity contribution in [2.24, 2.45) is 0 Å². The third kappa shape index (κ3) is 1.76. The van der Waals surface area contributed by atoms with Gasteiger partial charge >= 0.3 is 0 Å². The Balaban J connectivity index is 2.10. The zero-order chi connectivity index (χ0) is 10.0. The molecule has 1 aliphatic heterocycles. The highest BCUT2D eigenvalue weighted by Gasteiger charge is 2.36. The smallest absolute Gasteiger partial charge is 0.115 e. The van der Waals surface area contributed by atoms with Crippen LogP contribution in [-0.4, -0.2) is 27.3 Å². The predicted octanol–water partition coefficient (Wildman–Crippen LogP) is 1.08. The molecule has 0 spiro atoms. The van der Waals surface area contributed by atoms with E-state index < -0.39 is 5.60 Å². The second-order valence-electron chi connectivity index (χ2n) is 3.89. The summed E-state index contributed by atoms with van der Waals surface area (Å²) in [6.07, 6.45) is 5.02. The average Bonchev–Trinajstić information content (AvgIpc) is 2.63. The Labute approximate surface area is 83.0 Å². The minimum Gasteiger partial charge on any atom is -0.393 e. The third-order valence-corrected chi connectivity index (χ3v) is 2.63. The predicted molar refractivity (Wildman–Crippen MR) is 50.6 cm³/mol. The lowest BCUT2D eigenvalue weighted by Gasteiger charge is -2.21. The van der Waals surface area contributed by atoms with Gasteiger partial charge in [0.2, 0.25) is 0 Å². The number of aliphatic hydroxyl groups excluding tert-OH is 1. The van der Waals surface area contributed by atoms with Crippen molar-refractivity contribution in [1.29, 1.82) is 0 Å². The molecule has 14 heavy (non-hydrogen) atoms. The first-order chi connectivity index (χ1) is 6.73. The molecule has 1 saturated heterocycles. The fraction of sp³-hybridized carbons (Fsp3) is 0.600. The zero-order valence-electron chi connectivity index (χ0n) is 8.18. The largest absolute Gasteiger partial charge is 0.393 e. The first-order valence-corrected chi connectivity index (χ1v) is 4.78. The summed E-state index contributed by atoms with van der Waals surface area (Å²) in [5.41, 5.74) is 0.507. The SMILES string of the molecule is CC1(CO)CCC(c2ccncn2)O1. The van der Waals surface area contributed by atoms with Crippen LogP contribution in [0.1, 0.15) is 31.6 Å². The van der Waals surface area contributed by atoms with Gasteiger partial charge in [-0.1, -0.05) is 0 Å². The van der Waals surface area contributed by atoms with E-state index in [1.165, 1.54) is 6.33 Å². The Hall–Kier alpha value is -1.00. The normalized spacial score (nSPS) is 32.0. The quantitative estimate of drug-likeness (QED) is 0.765. The minimum absolute atomic E-state index is 0.00940. The van der Waals surface area contributed by atoms with Crippen LogP contribution in [0.2, 0.25) is 0 Å². The molecule has 1 N–H and O–H groups in total. The van der Waals surface area contributed by atoms with Gasteiger partial charge in [0.05, 0.1) is 17.9 Å². The van der Waals surface area contributed by atoms with Gasteiger partial charge in [-0.15, -0.1) is 0 Å². The second-order valence-corrected chi connectivity index (χ2v) is 3.89. The van der Waals surface area contributed by atoms with Gasteiger partial charge in [-0.2, -0.15) is 0 Å². The summed E-state index contributed by atoms with van der Waals surface area (Å²) >= 11 is 0. The lowest BCUT2D eigenvalue weighted by atomic mass is 10.0. The van der Waals surface area contributed by atoms with Crippen LogP contribution in [0.3, 0.4) is 0 Å². The van der Waals surface area contributed by atoms with Crippen LogP contribution in [0.25, 0.3) is 0 Å². The maximum Gasteiger partial charge on any atom is 0.115 e. The van der Waals surface area contributed by atoms with Crippen molar-refractivity contribution in [2.45, 2.75) is 31.5 Å². The molecule has 1 aliphatic rings. The molecule has 1 fully saturated rings. The van der Waals surface area contributed by atoms with Gasteiger partial charge in [0.25, 0.3) is 0 Å². The average molecular weight is 194 g/mol. The van der Waals surface area contributed by atoms with Crippen molar-refractivity contribution in [3.63, 3.8) is 0 Å². The van der Waals surface area contributed by atoms with Gasteiger partial charge in [0.1, 0.15) is 12.4 Å². The van der Waals surface area contributed by atoms with Crippen LogP contribution in [0, 0.1) is 0 Å². The summed E-state index contributed by atoms with van der Waals surface area (Å²) in [5.74, 6) is 0. The van der Waals surface area contributed by atoms with Crippen molar-refractivity contribution in [3.05, 3.63) is 24.3 Å². The fourth-order valence-corrected chi connectivity index (χ4v) is 1.71. The number of aromatic nitrogens is 2. The van der Waals surface area contributed by atoms with Gasteiger partial charge < -0.3 is 9.84 Å². The van der Waals surface area contributed by atoms with Crippen LogP contribution in [0.5, 0.6) is 0 Å². The van der Waals surface area contributed by atoms with E-state index in [2.05, 4.69) is 9.97 Å². The molecule has 4 heteroatoms. The van der Waals surface area contributed by atoms with Crippen LogP contribution >= 0.6 is 0 Å². The van der Waals surface area contributed by atoms with E-state index in [0.717, 1.165) is 18.5 Å². The molecule has 0 aliphatic carbocycles. The Kier molecular flexibility index (Phi) is 2.48. The molecular formula is C10H14N2O2. The van der Waals surface area contributed by atoms with E-state index in [9.17, 15) is 0 Å².